The molecule has 0 heterocycles. The second kappa shape index (κ2) is 7.34. The van der Waals surface area contributed by atoms with Gasteiger partial charge < -0.3 is 10.1 Å². The SMILES string of the molecule is COCCNCC/C=C/c1ccc2c(c1)CCC2. The van der Waals surface area contributed by atoms with Crippen LogP contribution in [0.3, 0.4) is 0 Å². The molecule has 0 amide bonds. The van der Waals surface area contributed by atoms with Gasteiger partial charge in [0.15, 0.2) is 0 Å². The molecule has 2 nitrogen and oxygen atoms in total. The van der Waals surface area contributed by atoms with Gasteiger partial charge in [0.25, 0.3) is 0 Å². The maximum absolute atomic E-state index is 4.98. The third-order valence-corrected chi connectivity index (χ3v) is 3.40. The quantitative estimate of drug-likeness (QED) is 0.746. The minimum Gasteiger partial charge on any atom is -0.383 e. The second-order valence-corrected chi connectivity index (χ2v) is 4.82. The van der Waals surface area contributed by atoms with E-state index >= 15 is 0 Å². The Balaban J connectivity index is 1.72. The summed E-state index contributed by atoms with van der Waals surface area (Å²) in [7, 11) is 1.73. The molecule has 2 rings (SSSR count). The molecule has 0 bridgehead atoms. The van der Waals surface area contributed by atoms with Gasteiger partial charge in [-0.1, -0.05) is 30.4 Å². The van der Waals surface area contributed by atoms with Crippen molar-refractivity contribution < 1.29 is 4.74 Å². The van der Waals surface area contributed by atoms with Crippen molar-refractivity contribution in [1.82, 2.24) is 5.32 Å². The number of rotatable bonds is 7. The van der Waals surface area contributed by atoms with Gasteiger partial charge in [0, 0.05) is 13.7 Å². The van der Waals surface area contributed by atoms with Gasteiger partial charge in [0.1, 0.15) is 0 Å². The Morgan fingerprint density at radius 2 is 2.11 bits per heavy atom. The molecular weight excluding hydrogens is 222 g/mol. The van der Waals surface area contributed by atoms with Crippen molar-refractivity contribution in [3.05, 3.63) is 41.0 Å². The lowest BCUT2D eigenvalue weighted by atomic mass is 10.1. The fraction of sp³-hybridized carbons (Fsp3) is 0.500. The zero-order chi connectivity index (χ0) is 12.6. The highest BCUT2D eigenvalue weighted by atomic mass is 16.5. The summed E-state index contributed by atoms with van der Waals surface area (Å²) in [6, 6.07) is 6.87. The molecule has 1 N–H and O–H groups in total. The molecule has 1 aromatic carbocycles. The summed E-state index contributed by atoms with van der Waals surface area (Å²) < 4.78 is 4.98. The van der Waals surface area contributed by atoms with Crippen LogP contribution in [0.2, 0.25) is 0 Å². The Labute approximate surface area is 110 Å². The fourth-order valence-electron chi connectivity index (χ4n) is 2.40. The highest BCUT2D eigenvalue weighted by Gasteiger charge is 2.09. The summed E-state index contributed by atoms with van der Waals surface area (Å²) in [5.74, 6) is 0. The van der Waals surface area contributed by atoms with Gasteiger partial charge in [0.05, 0.1) is 6.61 Å². The largest absolute Gasteiger partial charge is 0.383 e. The van der Waals surface area contributed by atoms with Crippen LogP contribution in [0.15, 0.2) is 24.3 Å². The summed E-state index contributed by atoms with van der Waals surface area (Å²) in [4.78, 5) is 0. The standard InChI is InChI=1S/C16H23NO/c1-18-12-11-17-10-3-2-5-14-8-9-15-6-4-7-16(15)13-14/h2,5,8-9,13,17H,3-4,6-7,10-12H2,1H3/b5-2+. The van der Waals surface area contributed by atoms with Gasteiger partial charge in [-0.3, -0.25) is 0 Å². The van der Waals surface area contributed by atoms with Crippen molar-refractivity contribution in [1.29, 1.82) is 0 Å². The first-order chi connectivity index (χ1) is 8.90. The molecular formula is C16H23NO. The van der Waals surface area contributed by atoms with Crippen LogP contribution in [0.25, 0.3) is 6.08 Å². The van der Waals surface area contributed by atoms with Gasteiger partial charge >= 0.3 is 0 Å². The third kappa shape index (κ3) is 3.97. The highest BCUT2D eigenvalue weighted by molar-refractivity contribution is 5.52. The monoisotopic (exact) mass is 245 g/mol. The van der Waals surface area contributed by atoms with E-state index in [-0.39, 0.29) is 0 Å². The molecule has 0 saturated heterocycles. The van der Waals surface area contributed by atoms with E-state index in [2.05, 4.69) is 35.7 Å². The maximum atomic E-state index is 4.98. The van der Waals surface area contributed by atoms with Crippen LogP contribution in [0.5, 0.6) is 0 Å². The molecule has 2 heteroatoms. The fourth-order valence-corrected chi connectivity index (χ4v) is 2.40. The van der Waals surface area contributed by atoms with Crippen LogP contribution in [0, 0.1) is 0 Å². The summed E-state index contributed by atoms with van der Waals surface area (Å²) >= 11 is 0. The number of hydrogen-bond donors (Lipinski definition) is 1. The maximum Gasteiger partial charge on any atom is 0.0587 e. The van der Waals surface area contributed by atoms with E-state index < -0.39 is 0 Å². The Bertz CT molecular complexity index is 398. The molecule has 0 fully saturated rings. The minimum atomic E-state index is 0.786. The summed E-state index contributed by atoms with van der Waals surface area (Å²) in [5.41, 5.74) is 4.44. The molecule has 0 aromatic heterocycles. The summed E-state index contributed by atoms with van der Waals surface area (Å²) in [5, 5.41) is 3.34. The molecule has 18 heavy (non-hydrogen) atoms. The topological polar surface area (TPSA) is 21.3 Å². The number of aryl methyl sites for hydroxylation is 2. The van der Waals surface area contributed by atoms with Crippen LogP contribution in [-0.2, 0) is 17.6 Å². The Hall–Kier alpha value is -1.12. The molecule has 0 atom stereocenters. The third-order valence-electron chi connectivity index (χ3n) is 3.40. The van der Waals surface area contributed by atoms with Crippen LogP contribution in [-0.4, -0.2) is 26.8 Å². The van der Waals surface area contributed by atoms with Gasteiger partial charge in [-0.15, -0.1) is 0 Å². The average Bonchev–Trinajstić information content (AvgIpc) is 2.85. The van der Waals surface area contributed by atoms with Crippen LogP contribution in [0.4, 0.5) is 0 Å². The van der Waals surface area contributed by atoms with Crippen molar-refractivity contribution >= 4 is 6.08 Å². The molecule has 0 unspecified atom stereocenters. The predicted molar refractivity (Wildman–Crippen MR) is 76.9 cm³/mol. The molecule has 98 valence electrons. The van der Waals surface area contributed by atoms with Crippen molar-refractivity contribution in [2.45, 2.75) is 25.7 Å². The number of benzene rings is 1. The first-order valence-electron chi connectivity index (χ1n) is 6.88. The lowest BCUT2D eigenvalue weighted by Crippen LogP contribution is -2.19. The Kier molecular flexibility index (Phi) is 5.43. The lowest BCUT2D eigenvalue weighted by molar-refractivity contribution is 0.199. The van der Waals surface area contributed by atoms with Crippen molar-refractivity contribution in [3.63, 3.8) is 0 Å². The first kappa shape index (κ1) is 13.3. The van der Waals surface area contributed by atoms with Crippen LogP contribution in [0.1, 0.15) is 29.5 Å². The van der Waals surface area contributed by atoms with Gasteiger partial charge in [-0.2, -0.15) is 0 Å². The second-order valence-electron chi connectivity index (χ2n) is 4.82. The number of nitrogens with one attached hydrogen (secondary N) is 1. The first-order valence-corrected chi connectivity index (χ1v) is 6.88. The van der Waals surface area contributed by atoms with Crippen LogP contribution < -0.4 is 5.32 Å². The summed E-state index contributed by atoms with van der Waals surface area (Å²) in [6.45, 7) is 2.74. The Morgan fingerprint density at radius 1 is 1.22 bits per heavy atom. The van der Waals surface area contributed by atoms with Crippen molar-refractivity contribution in [2.75, 3.05) is 26.8 Å². The van der Waals surface area contributed by atoms with E-state index in [0.717, 1.165) is 26.1 Å². The van der Waals surface area contributed by atoms with Gasteiger partial charge in [-0.25, -0.2) is 0 Å². The van der Waals surface area contributed by atoms with E-state index in [1.54, 1.807) is 18.2 Å². The number of ether oxygens (including phenoxy) is 1. The van der Waals surface area contributed by atoms with Gasteiger partial charge in [-0.05, 0) is 48.9 Å². The normalized spacial score (nSPS) is 14.3. The lowest BCUT2D eigenvalue weighted by Gasteiger charge is -2.02. The molecule has 0 aliphatic heterocycles. The van der Waals surface area contributed by atoms with E-state index in [0.29, 0.717) is 0 Å². The Morgan fingerprint density at radius 3 is 3.00 bits per heavy atom. The zero-order valence-corrected chi connectivity index (χ0v) is 11.2. The van der Waals surface area contributed by atoms with Crippen molar-refractivity contribution in [3.8, 4) is 0 Å². The average molecular weight is 245 g/mol. The predicted octanol–water partition coefficient (Wildman–Crippen LogP) is 2.81. The summed E-state index contributed by atoms with van der Waals surface area (Å²) in [6.07, 6.45) is 9.40. The molecule has 0 saturated carbocycles. The minimum absolute atomic E-state index is 0.786. The molecule has 1 aliphatic carbocycles. The number of methoxy groups -OCH3 is 1. The smallest absolute Gasteiger partial charge is 0.0587 e. The van der Waals surface area contributed by atoms with E-state index in [1.807, 2.05) is 0 Å². The molecule has 0 spiro atoms. The number of hydrogen-bond acceptors (Lipinski definition) is 2. The van der Waals surface area contributed by atoms with E-state index in [4.69, 9.17) is 4.74 Å². The van der Waals surface area contributed by atoms with E-state index in [9.17, 15) is 0 Å². The number of fused-ring (bicyclic) bond motifs is 1. The van der Waals surface area contributed by atoms with Gasteiger partial charge in [0.2, 0.25) is 0 Å². The molecule has 0 radical (unpaired) electrons. The molecule has 1 aromatic rings. The molecule has 1 aliphatic rings. The van der Waals surface area contributed by atoms with E-state index in [1.165, 1.54) is 24.8 Å². The van der Waals surface area contributed by atoms with Crippen LogP contribution >= 0.6 is 0 Å². The van der Waals surface area contributed by atoms with Crippen molar-refractivity contribution in [2.24, 2.45) is 0 Å². The highest BCUT2D eigenvalue weighted by Crippen LogP contribution is 2.23. The zero-order valence-electron chi connectivity index (χ0n) is 11.2.